The van der Waals surface area contributed by atoms with Crippen LogP contribution in [0.25, 0.3) is 0 Å². The molecule has 1 aliphatic heterocycles. The van der Waals surface area contributed by atoms with Crippen LogP contribution in [-0.2, 0) is 19.1 Å². The summed E-state index contributed by atoms with van der Waals surface area (Å²) < 4.78 is 18.7. The number of nitrogens with zero attached hydrogens (tertiary/aromatic N) is 1. The molecule has 2 aromatic carbocycles. The van der Waals surface area contributed by atoms with Crippen molar-refractivity contribution < 1.29 is 28.3 Å². The summed E-state index contributed by atoms with van der Waals surface area (Å²) in [4.78, 5) is 48.9. The fourth-order valence-electron chi connectivity index (χ4n) is 2.69. The van der Waals surface area contributed by atoms with Gasteiger partial charge < -0.3 is 10.1 Å². The van der Waals surface area contributed by atoms with E-state index in [1.54, 1.807) is 6.07 Å². The van der Waals surface area contributed by atoms with Gasteiger partial charge in [-0.05, 0) is 43.3 Å². The molecular weight excluding hydrogens is 367 g/mol. The van der Waals surface area contributed by atoms with Gasteiger partial charge in [-0.1, -0.05) is 12.1 Å². The van der Waals surface area contributed by atoms with Crippen molar-refractivity contribution in [3.63, 3.8) is 0 Å². The van der Waals surface area contributed by atoms with E-state index in [1.807, 2.05) is 0 Å². The Kier molecular flexibility index (Phi) is 5.49. The maximum absolute atomic E-state index is 13.6. The van der Waals surface area contributed by atoms with Gasteiger partial charge in [0.1, 0.15) is 5.82 Å². The summed E-state index contributed by atoms with van der Waals surface area (Å²) in [6.45, 7) is 1.37. The van der Waals surface area contributed by atoms with Gasteiger partial charge in [-0.25, -0.2) is 9.18 Å². The predicted molar refractivity (Wildman–Crippen MR) is 98.1 cm³/mol. The van der Waals surface area contributed by atoms with Crippen LogP contribution in [0.4, 0.5) is 15.8 Å². The van der Waals surface area contributed by atoms with Crippen molar-refractivity contribution in [2.45, 2.75) is 25.9 Å². The Balaban J connectivity index is 1.62. The molecule has 0 aromatic heterocycles. The summed E-state index contributed by atoms with van der Waals surface area (Å²) in [5.41, 5.74) is 0.502. The Morgan fingerprint density at radius 3 is 2.25 bits per heavy atom. The van der Waals surface area contributed by atoms with Crippen LogP contribution in [0.2, 0.25) is 0 Å². The van der Waals surface area contributed by atoms with E-state index >= 15 is 0 Å². The van der Waals surface area contributed by atoms with Crippen LogP contribution in [0.5, 0.6) is 0 Å². The lowest BCUT2D eigenvalue weighted by Gasteiger charge is -2.15. The Morgan fingerprint density at radius 1 is 1.04 bits per heavy atom. The minimum Gasteiger partial charge on any atom is -0.449 e. The zero-order valence-corrected chi connectivity index (χ0v) is 15.0. The van der Waals surface area contributed by atoms with Crippen molar-refractivity contribution in [1.29, 1.82) is 0 Å². The lowest BCUT2D eigenvalue weighted by Crippen LogP contribution is -2.30. The van der Waals surface area contributed by atoms with Gasteiger partial charge in [0.15, 0.2) is 6.10 Å². The smallest absolute Gasteiger partial charge is 0.338 e. The van der Waals surface area contributed by atoms with Crippen LogP contribution in [0.1, 0.15) is 30.1 Å². The Morgan fingerprint density at radius 2 is 1.64 bits per heavy atom. The molecule has 2 aromatic rings. The number of anilines is 2. The number of nitrogens with one attached hydrogen (secondary N) is 1. The molecule has 1 aliphatic rings. The third-order valence-electron chi connectivity index (χ3n) is 4.20. The Bertz CT molecular complexity index is 926. The number of para-hydroxylation sites is 1. The second-order valence-corrected chi connectivity index (χ2v) is 6.19. The van der Waals surface area contributed by atoms with E-state index in [4.69, 9.17) is 4.74 Å². The van der Waals surface area contributed by atoms with E-state index in [2.05, 4.69) is 5.32 Å². The van der Waals surface area contributed by atoms with Crippen molar-refractivity contribution in [2.24, 2.45) is 0 Å². The van der Waals surface area contributed by atoms with Crippen LogP contribution >= 0.6 is 0 Å². The van der Waals surface area contributed by atoms with Crippen LogP contribution in [0.15, 0.2) is 48.5 Å². The van der Waals surface area contributed by atoms with Crippen molar-refractivity contribution >= 4 is 35.1 Å². The summed E-state index contributed by atoms with van der Waals surface area (Å²) in [5, 5.41) is 2.35. The molecule has 1 N–H and O–H groups in total. The highest BCUT2D eigenvalue weighted by molar-refractivity contribution is 6.19. The summed E-state index contributed by atoms with van der Waals surface area (Å²) in [6, 6.07) is 11.4. The lowest BCUT2D eigenvalue weighted by molar-refractivity contribution is -0.124. The highest BCUT2D eigenvalue weighted by atomic mass is 19.1. The quantitative estimate of drug-likeness (QED) is 0.632. The number of hydrogen-bond acceptors (Lipinski definition) is 5. The fourth-order valence-corrected chi connectivity index (χ4v) is 2.69. The first-order chi connectivity index (χ1) is 13.4. The number of ether oxygens (including phenoxy) is 1. The van der Waals surface area contributed by atoms with Crippen molar-refractivity contribution in [3.05, 3.63) is 59.9 Å². The monoisotopic (exact) mass is 384 g/mol. The van der Waals surface area contributed by atoms with Crippen LogP contribution < -0.4 is 10.2 Å². The average molecular weight is 384 g/mol. The number of amides is 3. The zero-order chi connectivity index (χ0) is 20.3. The molecule has 0 bridgehead atoms. The van der Waals surface area contributed by atoms with E-state index < -0.39 is 23.8 Å². The molecule has 8 heteroatoms. The highest BCUT2D eigenvalue weighted by Crippen LogP contribution is 2.23. The van der Waals surface area contributed by atoms with Gasteiger partial charge in [0.05, 0.1) is 16.9 Å². The van der Waals surface area contributed by atoms with Crippen molar-refractivity contribution in [3.8, 4) is 0 Å². The van der Waals surface area contributed by atoms with E-state index in [-0.39, 0.29) is 35.9 Å². The maximum atomic E-state index is 13.6. The van der Waals surface area contributed by atoms with E-state index in [0.717, 1.165) is 4.90 Å². The van der Waals surface area contributed by atoms with Gasteiger partial charge in [0, 0.05) is 12.8 Å². The first-order valence-electron chi connectivity index (χ1n) is 8.59. The van der Waals surface area contributed by atoms with E-state index in [1.165, 1.54) is 49.4 Å². The molecular formula is C20H17FN2O5. The molecule has 1 fully saturated rings. The number of carbonyl (C=O) groups excluding carboxylic acids is 4. The number of carbonyl (C=O) groups is 4. The van der Waals surface area contributed by atoms with Crippen LogP contribution in [0.3, 0.4) is 0 Å². The average Bonchev–Trinajstić information content (AvgIpc) is 3.02. The van der Waals surface area contributed by atoms with Crippen LogP contribution in [0, 0.1) is 5.82 Å². The molecule has 28 heavy (non-hydrogen) atoms. The Hall–Kier alpha value is -3.55. The molecule has 7 nitrogen and oxygen atoms in total. The summed E-state index contributed by atoms with van der Waals surface area (Å²) in [5.74, 6) is -2.63. The van der Waals surface area contributed by atoms with E-state index in [9.17, 15) is 23.6 Å². The first kappa shape index (κ1) is 19.2. The molecule has 3 rings (SSSR count). The minimum atomic E-state index is -1.16. The number of hydrogen-bond donors (Lipinski definition) is 1. The third-order valence-corrected chi connectivity index (χ3v) is 4.20. The SMILES string of the molecule is C[C@H](OC(=O)c1ccc(N2C(=O)CCC2=O)cc1)C(=O)Nc1ccccc1F. The third kappa shape index (κ3) is 4.06. The van der Waals surface area contributed by atoms with Gasteiger partial charge in [-0.3, -0.25) is 19.3 Å². The van der Waals surface area contributed by atoms with Gasteiger partial charge in [0.25, 0.3) is 5.91 Å². The number of imide groups is 1. The molecule has 0 spiro atoms. The van der Waals surface area contributed by atoms with Crippen LogP contribution in [-0.4, -0.2) is 29.8 Å². The minimum absolute atomic E-state index is 0.0142. The molecule has 1 saturated heterocycles. The zero-order valence-electron chi connectivity index (χ0n) is 15.0. The van der Waals surface area contributed by atoms with Gasteiger partial charge in [-0.2, -0.15) is 0 Å². The van der Waals surface area contributed by atoms with Gasteiger partial charge in [0.2, 0.25) is 11.8 Å². The second kappa shape index (κ2) is 7.99. The first-order valence-corrected chi connectivity index (χ1v) is 8.59. The number of benzene rings is 2. The number of esters is 1. The molecule has 3 amide bonds. The fraction of sp³-hybridized carbons (Fsp3) is 0.200. The van der Waals surface area contributed by atoms with E-state index in [0.29, 0.717) is 5.69 Å². The molecule has 0 unspecified atom stereocenters. The second-order valence-electron chi connectivity index (χ2n) is 6.19. The Labute approximate surface area is 160 Å². The standard InChI is InChI=1S/C20H17FN2O5/c1-12(19(26)22-16-5-3-2-4-15(16)21)28-20(27)13-6-8-14(9-7-13)23-17(24)10-11-18(23)25/h2-9,12H,10-11H2,1H3,(H,22,26)/t12-/m0/s1. The molecule has 0 radical (unpaired) electrons. The largest absolute Gasteiger partial charge is 0.449 e. The number of rotatable bonds is 5. The molecule has 0 aliphatic carbocycles. The van der Waals surface area contributed by atoms with Gasteiger partial charge >= 0.3 is 5.97 Å². The highest BCUT2D eigenvalue weighted by Gasteiger charge is 2.30. The summed E-state index contributed by atoms with van der Waals surface area (Å²) in [7, 11) is 0. The predicted octanol–water partition coefficient (Wildman–Crippen LogP) is 2.66. The van der Waals surface area contributed by atoms with Crippen molar-refractivity contribution in [2.75, 3.05) is 10.2 Å². The molecule has 0 saturated carbocycles. The lowest BCUT2D eigenvalue weighted by atomic mass is 10.2. The molecule has 1 heterocycles. The molecule has 1 atom stereocenters. The topological polar surface area (TPSA) is 92.8 Å². The number of halogens is 1. The van der Waals surface area contributed by atoms with Crippen molar-refractivity contribution in [1.82, 2.24) is 0 Å². The van der Waals surface area contributed by atoms with Gasteiger partial charge in [-0.15, -0.1) is 0 Å². The maximum Gasteiger partial charge on any atom is 0.338 e. The molecule has 144 valence electrons. The normalized spacial score (nSPS) is 14.7. The summed E-state index contributed by atoms with van der Waals surface area (Å²) in [6.07, 6.45) is -0.831. The summed E-state index contributed by atoms with van der Waals surface area (Å²) >= 11 is 0.